The Balaban J connectivity index is 2.11. The van der Waals surface area contributed by atoms with E-state index in [4.69, 9.17) is 0 Å². The molecule has 1 aliphatic heterocycles. The molecule has 17 heavy (non-hydrogen) atoms. The molecule has 0 unspecified atom stereocenters. The van der Waals surface area contributed by atoms with Crippen molar-refractivity contribution in [3.63, 3.8) is 0 Å². The quantitative estimate of drug-likeness (QED) is 0.797. The van der Waals surface area contributed by atoms with Crippen molar-refractivity contribution in [1.82, 2.24) is 4.98 Å². The Kier molecular flexibility index (Phi) is 3.51. The molecule has 0 spiro atoms. The van der Waals surface area contributed by atoms with Crippen LogP contribution in [0.1, 0.15) is 12.0 Å². The number of nitrogens with two attached hydrogens (primary N) is 1. The molecular weight excluding hydrogens is 231 g/mol. The molecule has 1 aliphatic rings. The highest BCUT2D eigenvalue weighted by atomic mass is 19.4. The third kappa shape index (κ3) is 3.09. The summed E-state index contributed by atoms with van der Waals surface area (Å²) in [7, 11) is 0. The number of rotatable bonds is 1. The minimum Gasteiger partial charge on any atom is -0.351 e. The van der Waals surface area contributed by atoms with Gasteiger partial charge in [-0.15, -0.1) is 0 Å². The Bertz CT molecular complexity index is 353. The van der Waals surface area contributed by atoms with Gasteiger partial charge < -0.3 is 10.2 Å². The molecule has 1 aromatic rings. The summed E-state index contributed by atoms with van der Waals surface area (Å²) in [5.41, 5.74) is -0.692. The summed E-state index contributed by atoms with van der Waals surface area (Å²) in [4.78, 5) is 5.93. The van der Waals surface area contributed by atoms with Crippen LogP contribution in [0.3, 0.4) is 0 Å². The van der Waals surface area contributed by atoms with Crippen molar-refractivity contribution in [2.24, 2.45) is 0 Å². The lowest BCUT2D eigenvalue weighted by atomic mass is 10.2. The van der Waals surface area contributed by atoms with Gasteiger partial charge in [0.25, 0.3) is 0 Å². The summed E-state index contributed by atoms with van der Waals surface area (Å²) in [6.07, 6.45) is -2.37. The fourth-order valence-electron chi connectivity index (χ4n) is 1.90. The van der Waals surface area contributed by atoms with Crippen LogP contribution in [0, 0.1) is 0 Å². The molecule has 0 saturated carbocycles. The smallest absolute Gasteiger partial charge is 0.351 e. The van der Waals surface area contributed by atoms with Crippen molar-refractivity contribution in [3.05, 3.63) is 23.9 Å². The normalized spacial score (nSPS) is 17.9. The lowest BCUT2D eigenvalue weighted by molar-refractivity contribution is -0.650. The number of nitrogens with zero attached hydrogens (tertiary/aromatic N) is 2. The maximum absolute atomic E-state index is 12.4. The summed E-state index contributed by atoms with van der Waals surface area (Å²) in [5, 5.41) is 2.21. The van der Waals surface area contributed by atoms with Crippen LogP contribution < -0.4 is 10.2 Å². The fraction of sp³-hybridized carbons (Fsp3) is 0.545. The van der Waals surface area contributed by atoms with Crippen molar-refractivity contribution in [1.29, 1.82) is 0 Å². The van der Waals surface area contributed by atoms with Crippen molar-refractivity contribution < 1.29 is 18.5 Å². The number of hydrogen-bond acceptors (Lipinski definition) is 2. The molecule has 0 radical (unpaired) electrons. The predicted octanol–water partition coefficient (Wildman–Crippen LogP) is 0.874. The van der Waals surface area contributed by atoms with Crippen LogP contribution >= 0.6 is 0 Å². The van der Waals surface area contributed by atoms with Gasteiger partial charge in [-0.25, -0.2) is 4.98 Å². The van der Waals surface area contributed by atoms with Crippen LogP contribution in [-0.2, 0) is 6.18 Å². The molecule has 0 bridgehead atoms. The van der Waals surface area contributed by atoms with Crippen LogP contribution in [0.4, 0.5) is 19.0 Å². The molecule has 2 heterocycles. The van der Waals surface area contributed by atoms with Gasteiger partial charge in [0.15, 0.2) is 0 Å². The highest BCUT2D eigenvalue weighted by Crippen LogP contribution is 2.29. The molecule has 2 N–H and O–H groups in total. The zero-order valence-corrected chi connectivity index (χ0v) is 9.37. The summed E-state index contributed by atoms with van der Waals surface area (Å²) in [5.74, 6) is 0.633. The number of aromatic nitrogens is 1. The van der Waals surface area contributed by atoms with E-state index in [0.29, 0.717) is 5.82 Å². The maximum Gasteiger partial charge on any atom is 0.417 e. The molecule has 0 aliphatic carbocycles. The number of hydrogen-bond donors (Lipinski definition) is 1. The van der Waals surface area contributed by atoms with E-state index in [-0.39, 0.29) is 0 Å². The molecule has 1 aromatic heterocycles. The second-order valence-electron chi connectivity index (χ2n) is 4.11. The first-order chi connectivity index (χ1) is 8.07. The summed E-state index contributed by atoms with van der Waals surface area (Å²) in [6.45, 7) is 3.72. The molecule has 2 rings (SSSR count). The molecule has 0 aromatic carbocycles. The molecule has 1 fully saturated rings. The largest absolute Gasteiger partial charge is 0.417 e. The van der Waals surface area contributed by atoms with Crippen LogP contribution in [0.15, 0.2) is 18.3 Å². The Morgan fingerprint density at radius 1 is 1.18 bits per heavy atom. The van der Waals surface area contributed by atoms with Crippen LogP contribution in [0.25, 0.3) is 0 Å². The first kappa shape index (κ1) is 12.2. The molecule has 94 valence electrons. The summed E-state index contributed by atoms with van der Waals surface area (Å²) in [6, 6.07) is 2.55. The van der Waals surface area contributed by atoms with Gasteiger partial charge in [-0.3, -0.25) is 0 Å². The van der Waals surface area contributed by atoms with Crippen molar-refractivity contribution in [3.8, 4) is 0 Å². The van der Waals surface area contributed by atoms with Gasteiger partial charge in [0.1, 0.15) is 5.82 Å². The first-order valence-corrected chi connectivity index (χ1v) is 5.67. The average molecular weight is 246 g/mol. The average Bonchev–Trinajstić information content (AvgIpc) is 2.56. The number of quaternary nitrogens is 1. The zero-order valence-electron chi connectivity index (χ0n) is 9.37. The van der Waals surface area contributed by atoms with Gasteiger partial charge in [-0.05, 0) is 12.1 Å². The van der Waals surface area contributed by atoms with E-state index in [1.54, 1.807) is 0 Å². The van der Waals surface area contributed by atoms with Crippen LogP contribution in [0.5, 0.6) is 0 Å². The third-order valence-corrected chi connectivity index (χ3v) is 2.84. The van der Waals surface area contributed by atoms with E-state index >= 15 is 0 Å². The van der Waals surface area contributed by atoms with E-state index in [9.17, 15) is 13.2 Å². The van der Waals surface area contributed by atoms with E-state index in [1.165, 1.54) is 6.07 Å². The van der Waals surface area contributed by atoms with Gasteiger partial charge in [0.05, 0.1) is 25.2 Å². The monoisotopic (exact) mass is 246 g/mol. The van der Waals surface area contributed by atoms with Crippen LogP contribution in [0.2, 0.25) is 0 Å². The topological polar surface area (TPSA) is 32.7 Å². The Morgan fingerprint density at radius 3 is 2.65 bits per heavy atom. The van der Waals surface area contributed by atoms with Crippen LogP contribution in [-0.4, -0.2) is 31.2 Å². The maximum atomic E-state index is 12.4. The molecule has 6 heteroatoms. The van der Waals surface area contributed by atoms with Gasteiger partial charge in [-0.2, -0.15) is 13.2 Å². The third-order valence-electron chi connectivity index (χ3n) is 2.84. The van der Waals surface area contributed by atoms with E-state index < -0.39 is 11.7 Å². The van der Waals surface area contributed by atoms with Gasteiger partial charge >= 0.3 is 6.18 Å². The predicted molar refractivity (Wildman–Crippen MR) is 57.7 cm³/mol. The van der Waals surface area contributed by atoms with Gasteiger partial charge in [0, 0.05) is 19.2 Å². The highest BCUT2D eigenvalue weighted by Gasteiger charge is 2.30. The second-order valence-corrected chi connectivity index (χ2v) is 4.11. The zero-order chi connectivity index (χ0) is 12.3. The molecular formula is C11H15F3N3+. The van der Waals surface area contributed by atoms with Crippen molar-refractivity contribution >= 4 is 5.82 Å². The number of pyridine rings is 1. The number of halogens is 3. The van der Waals surface area contributed by atoms with E-state index in [0.717, 1.165) is 44.9 Å². The standard InChI is InChI=1S/C11H14F3N3/c12-11(13,14)9-2-3-10(16-8-9)17-6-1-4-15-5-7-17/h2-3,8,15H,1,4-7H2/p+1. The minimum absolute atomic E-state index is 0.633. The summed E-state index contributed by atoms with van der Waals surface area (Å²) >= 11 is 0. The fourth-order valence-corrected chi connectivity index (χ4v) is 1.90. The molecule has 1 saturated heterocycles. The first-order valence-electron chi connectivity index (χ1n) is 5.67. The summed E-state index contributed by atoms with van der Waals surface area (Å²) < 4.78 is 37.1. The van der Waals surface area contributed by atoms with E-state index in [2.05, 4.69) is 10.3 Å². The lowest BCUT2D eigenvalue weighted by Crippen LogP contribution is -2.84. The lowest BCUT2D eigenvalue weighted by Gasteiger charge is -2.20. The highest BCUT2D eigenvalue weighted by molar-refractivity contribution is 5.39. The Labute approximate surface area is 97.6 Å². The van der Waals surface area contributed by atoms with Gasteiger partial charge in [-0.1, -0.05) is 0 Å². The van der Waals surface area contributed by atoms with Gasteiger partial charge in [0.2, 0.25) is 0 Å². The second kappa shape index (κ2) is 4.91. The molecule has 0 atom stereocenters. The Hall–Kier alpha value is -1.30. The number of anilines is 1. The molecule has 3 nitrogen and oxygen atoms in total. The minimum atomic E-state index is -4.31. The van der Waals surface area contributed by atoms with E-state index in [1.807, 2.05) is 4.90 Å². The SMILES string of the molecule is FC(F)(F)c1ccc(N2CCC[NH2+]CC2)nc1. The molecule has 0 amide bonds. The van der Waals surface area contributed by atoms with Crippen molar-refractivity contribution in [2.45, 2.75) is 12.6 Å². The Morgan fingerprint density at radius 2 is 2.00 bits per heavy atom. The number of alkyl halides is 3. The van der Waals surface area contributed by atoms with Crippen molar-refractivity contribution in [2.75, 3.05) is 31.1 Å².